The maximum absolute atomic E-state index is 11.9. The predicted octanol–water partition coefficient (Wildman–Crippen LogP) is 1.71. The molecule has 0 bridgehead atoms. The number of fused-ring (bicyclic) bond motifs is 1. The maximum atomic E-state index is 11.9. The quantitative estimate of drug-likeness (QED) is 0.706. The SMILES string of the molecule is Cc1cc2oc(=O)cc(C[NH+]3CCN(c4ccccc4)CC3)c2cc1O. The van der Waals surface area contributed by atoms with Crippen LogP contribution in [-0.2, 0) is 6.54 Å². The van der Waals surface area contributed by atoms with Gasteiger partial charge in [-0.15, -0.1) is 0 Å². The number of phenols is 1. The largest absolute Gasteiger partial charge is 0.508 e. The molecule has 0 amide bonds. The molecule has 0 aliphatic carbocycles. The van der Waals surface area contributed by atoms with E-state index in [9.17, 15) is 9.90 Å². The lowest BCUT2D eigenvalue weighted by atomic mass is 10.1. The lowest BCUT2D eigenvalue weighted by molar-refractivity contribution is -0.914. The van der Waals surface area contributed by atoms with Gasteiger partial charge in [-0.3, -0.25) is 0 Å². The minimum atomic E-state index is -0.333. The van der Waals surface area contributed by atoms with Gasteiger partial charge < -0.3 is 19.3 Å². The number of rotatable bonds is 3. The molecule has 0 spiro atoms. The van der Waals surface area contributed by atoms with Crippen molar-refractivity contribution in [3.05, 3.63) is 70.1 Å². The number of aromatic hydroxyl groups is 1. The summed E-state index contributed by atoms with van der Waals surface area (Å²) in [6.45, 7) is 6.55. The van der Waals surface area contributed by atoms with Crippen LogP contribution in [0.15, 0.2) is 57.7 Å². The number of nitrogens with one attached hydrogen (secondary N) is 1. The fourth-order valence-electron chi connectivity index (χ4n) is 3.68. The van der Waals surface area contributed by atoms with E-state index in [2.05, 4.69) is 29.2 Å². The van der Waals surface area contributed by atoms with Crippen molar-refractivity contribution in [1.29, 1.82) is 0 Å². The first kappa shape index (κ1) is 16.7. The Morgan fingerprint density at radius 3 is 2.58 bits per heavy atom. The highest BCUT2D eigenvalue weighted by Gasteiger charge is 2.21. The van der Waals surface area contributed by atoms with E-state index in [1.54, 1.807) is 25.1 Å². The van der Waals surface area contributed by atoms with Gasteiger partial charge in [-0.05, 0) is 36.8 Å². The number of quaternary nitrogens is 1. The molecule has 2 heterocycles. The summed E-state index contributed by atoms with van der Waals surface area (Å²) in [5.74, 6) is 0.233. The average molecular weight is 351 g/mol. The van der Waals surface area contributed by atoms with Crippen LogP contribution < -0.4 is 15.4 Å². The third-order valence-electron chi connectivity index (χ3n) is 5.18. The van der Waals surface area contributed by atoms with Crippen LogP contribution in [0.4, 0.5) is 5.69 Å². The maximum Gasteiger partial charge on any atom is 0.336 e. The van der Waals surface area contributed by atoms with Gasteiger partial charge in [0.1, 0.15) is 17.9 Å². The van der Waals surface area contributed by atoms with Gasteiger partial charge in [0.15, 0.2) is 0 Å². The molecule has 2 aromatic carbocycles. The molecule has 2 N–H and O–H groups in total. The number of aryl methyl sites for hydroxylation is 1. The summed E-state index contributed by atoms with van der Waals surface area (Å²) >= 11 is 0. The van der Waals surface area contributed by atoms with Crippen molar-refractivity contribution in [2.45, 2.75) is 13.5 Å². The number of phenolic OH excluding ortho intramolecular Hbond substituents is 1. The van der Waals surface area contributed by atoms with Crippen LogP contribution in [-0.4, -0.2) is 31.3 Å². The molecule has 1 aliphatic rings. The Kier molecular flexibility index (Phi) is 4.39. The van der Waals surface area contributed by atoms with Crippen LogP contribution in [0.1, 0.15) is 11.1 Å². The van der Waals surface area contributed by atoms with E-state index >= 15 is 0 Å². The minimum Gasteiger partial charge on any atom is -0.508 e. The van der Waals surface area contributed by atoms with Gasteiger partial charge in [0.05, 0.1) is 26.2 Å². The Balaban J connectivity index is 1.53. The highest BCUT2D eigenvalue weighted by molar-refractivity contribution is 5.82. The monoisotopic (exact) mass is 351 g/mol. The summed E-state index contributed by atoms with van der Waals surface area (Å²) in [5.41, 5.74) is 3.12. The molecule has 5 nitrogen and oxygen atoms in total. The third-order valence-corrected chi connectivity index (χ3v) is 5.18. The lowest BCUT2D eigenvalue weighted by Gasteiger charge is -2.33. The number of para-hydroxylation sites is 1. The van der Waals surface area contributed by atoms with Crippen LogP contribution in [0.2, 0.25) is 0 Å². The zero-order valence-corrected chi connectivity index (χ0v) is 14.9. The van der Waals surface area contributed by atoms with Crippen molar-refractivity contribution in [3.63, 3.8) is 0 Å². The van der Waals surface area contributed by atoms with Crippen molar-refractivity contribution >= 4 is 16.7 Å². The summed E-state index contributed by atoms with van der Waals surface area (Å²) in [6, 6.07) is 15.5. The average Bonchev–Trinajstić information content (AvgIpc) is 2.65. The van der Waals surface area contributed by atoms with Crippen LogP contribution in [0.5, 0.6) is 5.75 Å². The molecule has 0 atom stereocenters. The summed E-state index contributed by atoms with van der Waals surface area (Å²) in [6.07, 6.45) is 0. The first-order valence-electron chi connectivity index (χ1n) is 9.00. The standard InChI is InChI=1S/C21H22N2O3/c1-15-11-20-18(13-19(15)24)16(12-21(25)26-20)14-22-7-9-23(10-8-22)17-5-3-2-4-6-17/h2-6,11-13,24H,7-10,14H2,1H3/p+1. The molecule has 1 fully saturated rings. The number of piperazine rings is 1. The van der Waals surface area contributed by atoms with Crippen molar-refractivity contribution in [1.82, 2.24) is 0 Å². The molecule has 1 aliphatic heterocycles. The van der Waals surface area contributed by atoms with Gasteiger partial charge in [-0.2, -0.15) is 0 Å². The van der Waals surface area contributed by atoms with Crippen molar-refractivity contribution in [3.8, 4) is 5.75 Å². The first-order valence-corrected chi connectivity index (χ1v) is 9.00. The van der Waals surface area contributed by atoms with Crippen molar-refractivity contribution < 1.29 is 14.4 Å². The number of benzene rings is 2. The number of anilines is 1. The summed E-state index contributed by atoms with van der Waals surface area (Å²) in [5, 5.41) is 10.9. The van der Waals surface area contributed by atoms with E-state index in [1.165, 1.54) is 10.6 Å². The summed E-state index contributed by atoms with van der Waals surface area (Å²) in [7, 11) is 0. The Hall–Kier alpha value is -2.79. The van der Waals surface area contributed by atoms with Crippen LogP contribution >= 0.6 is 0 Å². The van der Waals surface area contributed by atoms with Crippen LogP contribution in [0.3, 0.4) is 0 Å². The van der Waals surface area contributed by atoms with Crippen LogP contribution in [0, 0.1) is 6.92 Å². The van der Waals surface area contributed by atoms with E-state index < -0.39 is 0 Å². The smallest absolute Gasteiger partial charge is 0.336 e. The normalized spacial score (nSPS) is 15.5. The molecule has 0 unspecified atom stereocenters. The van der Waals surface area contributed by atoms with E-state index in [1.807, 2.05) is 6.07 Å². The lowest BCUT2D eigenvalue weighted by Crippen LogP contribution is -3.13. The molecule has 1 aromatic heterocycles. The van der Waals surface area contributed by atoms with Gasteiger partial charge in [0.25, 0.3) is 0 Å². The van der Waals surface area contributed by atoms with Crippen molar-refractivity contribution in [2.24, 2.45) is 0 Å². The molecule has 134 valence electrons. The first-order chi connectivity index (χ1) is 12.6. The van der Waals surface area contributed by atoms with E-state index in [0.717, 1.165) is 43.7 Å². The highest BCUT2D eigenvalue weighted by Crippen LogP contribution is 2.25. The molecular weight excluding hydrogens is 328 g/mol. The number of nitrogens with zero attached hydrogens (tertiary/aromatic N) is 1. The summed E-state index contributed by atoms with van der Waals surface area (Å²) < 4.78 is 5.32. The zero-order valence-electron chi connectivity index (χ0n) is 14.9. The Morgan fingerprint density at radius 1 is 1.12 bits per heavy atom. The second-order valence-corrected chi connectivity index (χ2v) is 6.97. The Morgan fingerprint density at radius 2 is 1.85 bits per heavy atom. The van der Waals surface area contributed by atoms with Gasteiger partial charge in [-0.1, -0.05) is 18.2 Å². The molecular formula is C21H23N2O3+. The molecule has 0 radical (unpaired) electrons. The van der Waals surface area contributed by atoms with Crippen molar-refractivity contribution in [2.75, 3.05) is 31.1 Å². The Bertz CT molecular complexity index is 974. The second kappa shape index (κ2) is 6.84. The topological polar surface area (TPSA) is 58.1 Å². The summed E-state index contributed by atoms with van der Waals surface area (Å²) in [4.78, 5) is 15.8. The zero-order chi connectivity index (χ0) is 18.1. The van der Waals surface area contributed by atoms with Gasteiger partial charge in [0, 0.05) is 22.7 Å². The third kappa shape index (κ3) is 3.30. The molecule has 4 rings (SSSR count). The predicted molar refractivity (Wildman–Crippen MR) is 102 cm³/mol. The van der Waals surface area contributed by atoms with Gasteiger partial charge in [-0.25, -0.2) is 4.79 Å². The molecule has 5 heteroatoms. The van der Waals surface area contributed by atoms with E-state index in [4.69, 9.17) is 4.42 Å². The van der Waals surface area contributed by atoms with E-state index in [0.29, 0.717) is 11.1 Å². The fourth-order valence-corrected chi connectivity index (χ4v) is 3.68. The van der Waals surface area contributed by atoms with Gasteiger partial charge in [0.2, 0.25) is 0 Å². The molecule has 0 saturated carbocycles. The van der Waals surface area contributed by atoms with Gasteiger partial charge >= 0.3 is 5.63 Å². The second-order valence-electron chi connectivity index (χ2n) is 6.97. The molecule has 3 aromatic rings. The minimum absolute atomic E-state index is 0.233. The number of hydrogen-bond acceptors (Lipinski definition) is 4. The van der Waals surface area contributed by atoms with E-state index in [-0.39, 0.29) is 11.4 Å². The number of hydrogen-bond donors (Lipinski definition) is 2. The highest BCUT2D eigenvalue weighted by atomic mass is 16.4. The molecule has 26 heavy (non-hydrogen) atoms. The fraction of sp³-hybridized carbons (Fsp3) is 0.286. The molecule has 1 saturated heterocycles. The Labute approximate surface area is 152 Å². The van der Waals surface area contributed by atoms with Crippen LogP contribution in [0.25, 0.3) is 11.0 Å².